The fourth-order valence-electron chi connectivity index (χ4n) is 3.99. The summed E-state index contributed by atoms with van der Waals surface area (Å²) < 4.78 is 40.7. The number of anilines is 1. The lowest BCUT2D eigenvalue weighted by atomic mass is 9.94. The molecule has 1 aliphatic heterocycles. The number of piperidine rings is 1. The van der Waals surface area contributed by atoms with Crippen LogP contribution in [0.4, 0.5) is 10.1 Å². The largest absolute Gasteiger partial charge is 0.332 e. The van der Waals surface area contributed by atoms with Crippen molar-refractivity contribution in [2.24, 2.45) is 11.8 Å². The van der Waals surface area contributed by atoms with Crippen LogP contribution in [0.1, 0.15) is 30.6 Å². The van der Waals surface area contributed by atoms with E-state index in [2.05, 4.69) is 5.32 Å². The van der Waals surface area contributed by atoms with Crippen LogP contribution in [0, 0.1) is 17.7 Å². The third-order valence-corrected chi connectivity index (χ3v) is 7.26. The van der Waals surface area contributed by atoms with Crippen molar-refractivity contribution in [3.05, 3.63) is 59.9 Å². The van der Waals surface area contributed by atoms with Gasteiger partial charge in [0.05, 0.1) is 11.4 Å². The van der Waals surface area contributed by atoms with Crippen molar-refractivity contribution < 1.29 is 22.4 Å². The summed E-state index contributed by atoms with van der Waals surface area (Å²) in [5.74, 6) is -0.790. The van der Waals surface area contributed by atoms with Gasteiger partial charge < -0.3 is 10.2 Å². The first kappa shape index (κ1) is 23.9. The number of hydrogen-bond acceptors (Lipinski definition) is 4. The number of hydrogen-bond donors (Lipinski definition) is 1. The number of carbonyl (C=O) groups excluding carboxylic acids is 2. The number of nitrogens with one attached hydrogen (secondary N) is 1. The highest BCUT2D eigenvalue weighted by Crippen LogP contribution is 2.26. The second kappa shape index (κ2) is 9.79. The number of benzene rings is 2. The van der Waals surface area contributed by atoms with Crippen molar-refractivity contribution in [1.82, 2.24) is 9.21 Å². The van der Waals surface area contributed by atoms with E-state index in [9.17, 15) is 22.4 Å². The Hall–Kier alpha value is -2.78. The van der Waals surface area contributed by atoms with Crippen LogP contribution in [0.5, 0.6) is 0 Å². The van der Waals surface area contributed by atoms with Gasteiger partial charge >= 0.3 is 0 Å². The summed E-state index contributed by atoms with van der Waals surface area (Å²) in [4.78, 5) is 26.2. The average molecular weight is 462 g/mol. The second-order valence-corrected chi connectivity index (χ2v) is 10.5. The van der Waals surface area contributed by atoms with Crippen LogP contribution in [-0.4, -0.2) is 56.1 Å². The van der Waals surface area contributed by atoms with E-state index >= 15 is 0 Å². The zero-order chi connectivity index (χ0) is 23.5. The molecule has 3 rings (SSSR count). The van der Waals surface area contributed by atoms with E-state index in [0.717, 1.165) is 6.42 Å². The Morgan fingerprint density at radius 3 is 2.31 bits per heavy atom. The minimum Gasteiger partial charge on any atom is -0.332 e. The standard InChI is InChI=1S/C23H28FN3O4S/c1-16-11-17(2)14-27(13-16)32(30,31)21-9-7-18(8-10-21)23(29)26(3)15-22(28)25-20-6-4-5-19(24)12-20/h4-10,12,16-17H,11,13-15H2,1-3H3,(H,25,28)/t16-,17+. The third-order valence-electron chi connectivity index (χ3n) is 5.41. The number of rotatable bonds is 6. The molecule has 1 saturated heterocycles. The molecule has 32 heavy (non-hydrogen) atoms. The minimum atomic E-state index is -3.63. The van der Waals surface area contributed by atoms with Crippen LogP contribution in [0.2, 0.25) is 0 Å². The number of halogens is 1. The molecule has 0 bridgehead atoms. The Labute approximate surface area is 188 Å². The Morgan fingerprint density at radius 1 is 1.09 bits per heavy atom. The van der Waals surface area contributed by atoms with Crippen LogP contribution in [0.3, 0.4) is 0 Å². The maximum atomic E-state index is 13.2. The van der Waals surface area contributed by atoms with Crippen LogP contribution in [0.25, 0.3) is 0 Å². The fourth-order valence-corrected chi connectivity index (χ4v) is 5.67. The first-order chi connectivity index (χ1) is 15.1. The SMILES string of the molecule is C[C@@H]1C[C@H](C)CN(S(=O)(=O)c2ccc(C(=O)N(C)CC(=O)Nc3cccc(F)c3)cc2)C1. The molecule has 2 amide bonds. The summed E-state index contributed by atoms with van der Waals surface area (Å²) in [6.45, 7) is 4.81. The maximum Gasteiger partial charge on any atom is 0.254 e. The maximum absolute atomic E-state index is 13.2. The van der Waals surface area contributed by atoms with Gasteiger partial charge in [-0.1, -0.05) is 19.9 Å². The first-order valence-electron chi connectivity index (χ1n) is 10.5. The van der Waals surface area contributed by atoms with Gasteiger partial charge in [-0.3, -0.25) is 9.59 Å². The van der Waals surface area contributed by atoms with Gasteiger partial charge in [0.1, 0.15) is 5.82 Å². The van der Waals surface area contributed by atoms with Crippen molar-refractivity contribution in [3.63, 3.8) is 0 Å². The van der Waals surface area contributed by atoms with Gasteiger partial charge in [0.25, 0.3) is 5.91 Å². The minimum absolute atomic E-state index is 0.141. The molecule has 2 aromatic rings. The molecule has 1 fully saturated rings. The molecule has 0 aliphatic carbocycles. The van der Waals surface area contributed by atoms with Gasteiger partial charge in [-0.25, -0.2) is 12.8 Å². The van der Waals surface area contributed by atoms with Crippen molar-refractivity contribution in [1.29, 1.82) is 0 Å². The lowest BCUT2D eigenvalue weighted by molar-refractivity contribution is -0.116. The molecule has 7 nitrogen and oxygen atoms in total. The van der Waals surface area contributed by atoms with Gasteiger partial charge in [-0.15, -0.1) is 0 Å². The normalized spacial score (nSPS) is 19.4. The lowest BCUT2D eigenvalue weighted by Crippen LogP contribution is -2.42. The molecule has 2 atom stereocenters. The Kier molecular flexibility index (Phi) is 7.30. The molecule has 1 heterocycles. The van der Waals surface area contributed by atoms with E-state index in [1.807, 2.05) is 13.8 Å². The molecule has 1 aliphatic rings. The van der Waals surface area contributed by atoms with Gasteiger partial charge in [0, 0.05) is 31.4 Å². The van der Waals surface area contributed by atoms with Crippen molar-refractivity contribution in [3.8, 4) is 0 Å². The highest BCUT2D eigenvalue weighted by Gasteiger charge is 2.31. The smallest absolute Gasteiger partial charge is 0.254 e. The Balaban J connectivity index is 1.64. The molecular formula is C23H28FN3O4S. The average Bonchev–Trinajstić information content (AvgIpc) is 2.72. The summed E-state index contributed by atoms with van der Waals surface area (Å²) in [7, 11) is -2.17. The molecule has 172 valence electrons. The van der Waals surface area contributed by atoms with Crippen molar-refractivity contribution in [2.45, 2.75) is 25.2 Å². The van der Waals surface area contributed by atoms with E-state index in [1.54, 1.807) is 6.07 Å². The van der Waals surface area contributed by atoms with Crippen molar-refractivity contribution in [2.75, 3.05) is 32.0 Å². The van der Waals surface area contributed by atoms with Crippen molar-refractivity contribution >= 4 is 27.5 Å². The second-order valence-electron chi connectivity index (χ2n) is 8.51. The molecular weight excluding hydrogens is 433 g/mol. The molecule has 0 aromatic heterocycles. The van der Waals surface area contributed by atoms with Crippen LogP contribution in [-0.2, 0) is 14.8 Å². The topological polar surface area (TPSA) is 86.8 Å². The lowest BCUT2D eigenvalue weighted by Gasteiger charge is -2.34. The fraction of sp³-hybridized carbons (Fsp3) is 0.391. The molecule has 0 radical (unpaired) electrons. The van der Waals surface area contributed by atoms with Gasteiger partial charge in [-0.05, 0) is 60.7 Å². The zero-order valence-electron chi connectivity index (χ0n) is 18.4. The zero-order valence-corrected chi connectivity index (χ0v) is 19.2. The number of carbonyl (C=O) groups is 2. The number of amides is 2. The summed E-state index contributed by atoms with van der Waals surface area (Å²) in [5.41, 5.74) is 0.567. The van der Waals surface area contributed by atoms with E-state index in [-0.39, 0.29) is 17.0 Å². The molecule has 0 saturated carbocycles. The van der Waals surface area contributed by atoms with Gasteiger partial charge in [0.15, 0.2) is 0 Å². The Bertz CT molecular complexity index is 1080. The van der Waals surface area contributed by atoms with Gasteiger partial charge in [0.2, 0.25) is 15.9 Å². The highest BCUT2D eigenvalue weighted by molar-refractivity contribution is 7.89. The predicted molar refractivity (Wildman–Crippen MR) is 120 cm³/mol. The summed E-state index contributed by atoms with van der Waals surface area (Å²) in [5, 5.41) is 2.53. The van der Waals surface area contributed by atoms with Gasteiger partial charge in [-0.2, -0.15) is 4.31 Å². The number of likely N-dealkylation sites (N-methyl/N-ethyl adjacent to an activating group) is 1. The van der Waals surface area contributed by atoms with Crippen LogP contribution < -0.4 is 5.32 Å². The number of sulfonamides is 1. The number of nitrogens with zero attached hydrogens (tertiary/aromatic N) is 2. The summed E-state index contributed by atoms with van der Waals surface area (Å²) in [6.07, 6.45) is 0.999. The van der Waals surface area contributed by atoms with E-state index in [0.29, 0.717) is 30.6 Å². The summed E-state index contributed by atoms with van der Waals surface area (Å²) >= 11 is 0. The predicted octanol–water partition coefficient (Wildman–Crippen LogP) is 3.20. The van der Waals surface area contributed by atoms with E-state index in [1.165, 1.54) is 58.7 Å². The van der Waals surface area contributed by atoms with Crippen LogP contribution in [0.15, 0.2) is 53.4 Å². The van der Waals surface area contributed by atoms with E-state index in [4.69, 9.17) is 0 Å². The molecule has 2 aromatic carbocycles. The monoisotopic (exact) mass is 461 g/mol. The highest BCUT2D eigenvalue weighted by atomic mass is 32.2. The van der Waals surface area contributed by atoms with E-state index < -0.39 is 27.7 Å². The first-order valence-corrected chi connectivity index (χ1v) is 11.9. The Morgan fingerprint density at radius 2 is 1.72 bits per heavy atom. The molecule has 0 spiro atoms. The molecule has 0 unspecified atom stereocenters. The quantitative estimate of drug-likeness (QED) is 0.716. The molecule has 1 N–H and O–H groups in total. The summed E-state index contributed by atoms with van der Waals surface area (Å²) in [6, 6.07) is 11.2. The molecule has 9 heteroatoms. The van der Waals surface area contributed by atoms with Crippen LogP contribution >= 0.6 is 0 Å². The third kappa shape index (κ3) is 5.72.